The molecule has 0 bridgehead atoms. The van der Waals surface area contributed by atoms with Gasteiger partial charge in [0, 0.05) is 12.3 Å². The Kier molecular flexibility index (Phi) is 3.01. The highest BCUT2D eigenvalue weighted by Gasteiger charge is 2.25. The largest absolute Gasteiger partial charge is 0.481 e. The zero-order valence-electron chi connectivity index (χ0n) is 8.68. The number of hydrogen-bond acceptors (Lipinski definition) is 5. The fourth-order valence-corrected chi connectivity index (χ4v) is 1.80. The van der Waals surface area contributed by atoms with Crippen LogP contribution in [0.15, 0.2) is 12.3 Å². The Morgan fingerprint density at radius 1 is 1.53 bits per heavy atom. The van der Waals surface area contributed by atoms with Crippen molar-refractivity contribution in [1.29, 1.82) is 0 Å². The van der Waals surface area contributed by atoms with Gasteiger partial charge in [0.2, 0.25) is 11.8 Å². The molecule has 1 aliphatic rings. The number of nitrogens with one attached hydrogen (secondary N) is 1. The SMILES string of the molecule is COc1ccnc(N[C@@H]2CCC[C@H]2O)n1. The molecule has 2 N–H and O–H groups in total. The van der Waals surface area contributed by atoms with E-state index in [1.54, 1.807) is 19.4 Å². The van der Waals surface area contributed by atoms with E-state index in [-0.39, 0.29) is 12.1 Å². The second-order valence-corrected chi connectivity index (χ2v) is 3.67. The monoisotopic (exact) mass is 209 g/mol. The Bertz CT molecular complexity index is 332. The highest BCUT2D eigenvalue weighted by atomic mass is 16.5. The molecule has 0 radical (unpaired) electrons. The second-order valence-electron chi connectivity index (χ2n) is 3.67. The van der Waals surface area contributed by atoms with Gasteiger partial charge >= 0.3 is 0 Å². The summed E-state index contributed by atoms with van der Waals surface area (Å²) >= 11 is 0. The minimum Gasteiger partial charge on any atom is -0.481 e. The van der Waals surface area contributed by atoms with Crippen molar-refractivity contribution in [1.82, 2.24) is 9.97 Å². The highest BCUT2D eigenvalue weighted by Crippen LogP contribution is 2.21. The summed E-state index contributed by atoms with van der Waals surface area (Å²) in [7, 11) is 1.57. The lowest BCUT2D eigenvalue weighted by Crippen LogP contribution is -2.28. The van der Waals surface area contributed by atoms with Crippen molar-refractivity contribution < 1.29 is 9.84 Å². The van der Waals surface area contributed by atoms with Crippen LogP contribution in [0.1, 0.15) is 19.3 Å². The molecule has 0 aliphatic heterocycles. The fourth-order valence-electron chi connectivity index (χ4n) is 1.80. The van der Waals surface area contributed by atoms with E-state index < -0.39 is 0 Å². The standard InChI is InChI=1S/C10H15N3O2/c1-15-9-5-6-11-10(13-9)12-7-3-2-4-8(7)14/h5-8,14H,2-4H2,1H3,(H,11,12,13)/t7-,8-/m1/s1. The van der Waals surface area contributed by atoms with Crippen molar-refractivity contribution in [3.8, 4) is 5.88 Å². The van der Waals surface area contributed by atoms with E-state index in [9.17, 15) is 5.11 Å². The van der Waals surface area contributed by atoms with Crippen LogP contribution in [0.25, 0.3) is 0 Å². The molecule has 0 unspecified atom stereocenters. The number of hydrogen-bond donors (Lipinski definition) is 2. The molecule has 1 aromatic heterocycles. The molecule has 1 fully saturated rings. The van der Waals surface area contributed by atoms with Gasteiger partial charge in [0.15, 0.2) is 0 Å². The van der Waals surface area contributed by atoms with Gasteiger partial charge in [-0.25, -0.2) is 4.98 Å². The predicted octanol–water partition coefficient (Wildman–Crippen LogP) is 0.810. The minimum absolute atomic E-state index is 0.0668. The van der Waals surface area contributed by atoms with E-state index in [1.165, 1.54) is 0 Å². The van der Waals surface area contributed by atoms with Gasteiger partial charge in [0.25, 0.3) is 0 Å². The molecular weight excluding hydrogens is 194 g/mol. The first-order valence-corrected chi connectivity index (χ1v) is 5.11. The van der Waals surface area contributed by atoms with Gasteiger partial charge in [-0.3, -0.25) is 0 Å². The maximum Gasteiger partial charge on any atom is 0.226 e. The summed E-state index contributed by atoms with van der Waals surface area (Å²) in [6.45, 7) is 0. The molecule has 0 amide bonds. The molecule has 82 valence electrons. The molecule has 0 spiro atoms. The first kappa shape index (κ1) is 10.2. The summed E-state index contributed by atoms with van der Waals surface area (Å²) in [5.74, 6) is 1.04. The van der Waals surface area contributed by atoms with Crippen LogP contribution in [0, 0.1) is 0 Å². The van der Waals surface area contributed by atoms with Crippen LogP contribution in [0.5, 0.6) is 5.88 Å². The molecule has 0 aromatic carbocycles. The van der Waals surface area contributed by atoms with Crippen LogP contribution in [-0.4, -0.2) is 34.3 Å². The van der Waals surface area contributed by atoms with E-state index in [2.05, 4.69) is 15.3 Å². The van der Waals surface area contributed by atoms with Crippen LogP contribution in [0.3, 0.4) is 0 Å². The summed E-state index contributed by atoms with van der Waals surface area (Å²) < 4.78 is 4.99. The van der Waals surface area contributed by atoms with Gasteiger partial charge in [0.1, 0.15) is 0 Å². The summed E-state index contributed by atoms with van der Waals surface area (Å²) in [5.41, 5.74) is 0. The number of anilines is 1. The molecule has 1 heterocycles. The van der Waals surface area contributed by atoms with Crippen molar-refractivity contribution >= 4 is 5.95 Å². The molecule has 5 nitrogen and oxygen atoms in total. The third kappa shape index (κ3) is 2.36. The smallest absolute Gasteiger partial charge is 0.226 e. The number of methoxy groups -OCH3 is 1. The summed E-state index contributed by atoms with van der Waals surface area (Å²) in [6.07, 6.45) is 4.20. The lowest BCUT2D eigenvalue weighted by molar-refractivity contribution is 0.171. The number of aliphatic hydroxyl groups is 1. The summed E-state index contributed by atoms with van der Waals surface area (Å²) in [4.78, 5) is 8.21. The van der Waals surface area contributed by atoms with E-state index >= 15 is 0 Å². The van der Waals surface area contributed by atoms with Crippen molar-refractivity contribution in [3.05, 3.63) is 12.3 Å². The van der Waals surface area contributed by atoms with Crippen molar-refractivity contribution in [2.75, 3.05) is 12.4 Å². The molecule has 2 rings (SSSR count). The molecule has 15 heavy (non-hydrogen) atoms. The molecule has 1 saturated carbocycles. The van der Waals surface area contributed by atoms with E-state index in [0.29, 0.717) is 11.8 Å². The Hall–Kier alpha value is -1.36. The van der Waals surface area contributed by atoms with Crippen molar-refractivity contribution in [2.24, 2.45) is 0 Å². The Morgan fingerprint density at radius 2 is 2.40 bits per heavy atom. The molecule has 5 heteroatoms. The Morgan fingerprint density at radius 3 is 3.07 bits per heavy atom. The fraction of sp³-hybridized carbons (Fsp3) is 0.600. The normalized spacial score (nSPS) is 25.2. The van der Waals surface area contributed by atoms with Crippen molar-refractivity contribution in [3.63, 3.8) is 0 Å². The van der Waals surface area contributed by atoms with Crippen LogP contribution in [-0.2, 0) is 0 Å². The number of ether oxygens (including phenoxy) is 1. The van der Waals surface area contributed by atoms with Gasteiger partial charge < -0.3 is 15.2 Å². The molecular formula is C10H15N3O2. The summed E-state index contributed by atoms with van der Waals surface area (Å²) in [5, 5.41) is 12.7. The van der Waals surface area contributed by atoms with Crippen LogP contribution >= 0.6 is 0 Å². The maximum atomic E-state index is 9.63. The number of nitrogens with zero attached hydrogens (tertiary/aromatic N) is 2. The van der Waals surface area contributed by atoms with Gasteiger partial charge in [-0.1, -0.05) is 0 Å². The average Bonchev–Trinajstić information content (AvgIpc) is 2.65. The van der Waals surface area contributed by atoms with Crippen LogP contribution in [0.4, 0.5) is 5.95 Å². The predicted molar refractivity (Wildman–Crippen MR) is 55.9 cm³/mol. The summed E-state index contributed by atoms with van der Waals surface area (Å²) in [6, 6.07) is 1.76. The minimum atomic E-state index is -0.292. The maximum absolute atomic E-state index is 9.63. The molecule has 2 atom stereocenters. The molecule has 1 aromatic rings. The van der Waals surface area contributed by atoms with Crippen molar-refractivity contribution in [2.45, 2.75) is 31.4 Å². The van der Waals surface area contributed by atoms with Gasteiger partial charge in [-0.05, 0) is 19.3 Å². The number of rotatable bonds is 3. The van der Waals surface area contributed by atoms with Crippen LogP contribution in [0.2, 0.25) is 0 Å². The first-order chi connectivity index (χ1) is 7.29. The Labute approximate surface area is 88.5 Å². The van der Waals surface area contributed by atoms with Gasteiger partial charge in [-0.2, -0.15) is 4.98 Å². The lowest BCUT2D eigenvalue weighted by Gasteiger charge is -2.16. The third-order valence-corrected chi connectivity index (χ3v) is 2.63. The van der Waals surface area contributed by atoms with Gasteiger partial charge in [0.05, 0.1) is 19.3 Å². The molecule has 0 saturated heterocycles. The second kappa shape index (κ2) is 4.44. The third-order valence-electron chi connectivity index (χ3n) is 2.63. The zero-order chi connectivity index (χ0) is 10.7. The Balaban J connectivity index is 2.03. The van der Waals surface area contributed by atoms with E-state index in [0.717, 1.165) is 19.3 Å². The number of aliphatic hydroxyl groups excluding tert-OH is 1. The molecule has 1 aliphatic carbocycles. The quantitative estimate of drug-likeness (QED) is 0.771. The first-order valence-electron chi connectivity index (χ1n) is 5.11. The van der Waals surface area contributed by atoms with E-state index in [1.807, 2.05) is 0 Å². The topological polar surface area (TPSA) is 67.3 Å². The zero-order valence-corrected chi connectivity index (χ0v) is 8.68. The van der Waals surface area contributed by atoms with E-state index in [4.69, 9.17) is 4.74 Å². The van der Waals surface area contributed by atoms with Gasteiger partial charge in [-0.15, -0.1) is 0 Å². The van der Waals surface area contributed by atoms with Crippen LogP contribution < -0.4 is 10.1 Å². The highest BCUT2D eigenvalue weighted by molar-refractivity contribution is 5.29. The average molecular weight is 209 g/mol. The number of aromatic nitrogens is 2. The lowest BCUT2D eigenvalue weighted by atomic mass is 10.2.